The van der Waals surface area contributed by atoms with Gasteiger partial charge in [0, 0.05) is 12.6 Å². The van der Waals surface area contributed by atoms with Crippen LogP contribution in [-0.2, 0) is 0 Å². The highest BCUT2D eigenvalue weighted by Gasteiger charge is 2.32. The second-order valence-electron chi connectivity index (χ2n) is 5.22. The van der Waals surface area contributed by atoms with Crippen molar-refractivity contribution in [1.29, 1.82) is 0 Å². The molecule has 0 unspecified atom stereocenters. The van der Waals surface area contributed by atoms with Gasteiger partial charge in [-0.15, -0.1) is 0 Å². The third-order valence-electron chi connectivity index (χ3n) is 3.05. The second kappa shape index (κ2) is 4.96. The first kappa shape index (κ1) is 12.9. The van der Waals surface area contributed by atoms with Crippen LogP contribution in [0.25, 0.3) is 0 Å². The summed E-state index contributed by atoms with van der Waals surface area (Å²) in [6.45, 7) is 6.08. The van der Waals surface area contributed by atoms with E-state index in [4.69, 9.17) is 4.74 Å². The Bertz CT molecular complexity index is 417. The number of hydrogen-bond donors (Lipinski definition) is 2. The average molecular weight is 251 g/mol. The maximum atomic E-state index is 5.52. The number of rotatable bonds is 5. The lowest BCUT2D eigenvalue weighted by Gasteiger charge is -2.39. The Labute approximate surface area is 108 Å². The molecule has 0 bridgehead atoms. The first-order chi connectivity index (χ1) is 8.50. The molecule has 2 N–H and O–H groups in total. The van der Waals surface area contributed by atoms with Crippen molar-refractivity contribution in [2.45, 2.75) is 51.7 Å². The Kier molecular flexibility index (Phi) is 3.54. The average Bonchev–Trinajstić information content (AvgIpc) is 2.25. The van der Waals surface area contributed by atoms with Gasteiger partial charge in [0.1, 0.15) is 0 Å². The number of anilines is 2. The number of ether oxygens (including phenoxy) is 1. The van der Waals surface area contributed by atoms with Gasteiger partial charge >= 0.3 is 6.01 Å². The summed E-state index contributed by atoms with van der Waals surface area (Å²) in [5.74, 6) is 1.10. The summed E-state index contributed by atoms with van der Waals surface area (Å²) in [6.07, 6.45) is 3.59. The standard InChI is InChI=1S/C12H21N5O/c1-8(2)18-11-15-9(13-4)14-10(16-11)17-12(3)6-5-7-12/h8H,5-7H2,1-4H3,(H2,13,14,15,16,17). The van der Waals surface area contributed by atoms with Gasteiger partial charge < -0.3 is 15.4 Å². The van der Waals surface area contributed by atoms with Crippen molar-refractivity contribution in [1.82, 2.24) is 15.0 Å². The van der Waals surface area contributed by atoms with Crippen LogP contribution in [0.3, 0.4) is 0 Å². The van der Waals surface area contributed by atoms with Crippen LogP contribution in [0.2, 0.25) is 0 Å². The lowest BCUT2D eigenvalue weighted by Crippen LogP contribution is -2.42. The van der Waals surface area contributed by atoms with E-state index >= 15 is 0 Å². The van der Waals surface area contributed by atoms with E-state index in [0.29, 0.717) is 17.9 Å². The highest BCUT2D eigenvalue weighted by Crippen LogP contribution is 2.34. The van der Waals surface area contributed by atoms with Gasteiger partial charge in [0.2, 0.25) is 11.9 Å². The molecule has 1 aliphatic carbocycles. The summed E-state index contributed by atoms with van der Waals surface area (Å²) in [4.78, 5) is 12.8. The van der Waals surface area contributed by atoms with Crippen LogP contribution in [0, 0.1) is 0 Å². The Morgan fingerprint density at radius 1 is 1.17 bits per heavy atom. The van der Waals surface area contributed by atoms with E-state index in [9.17, 15) is 0 Å². The molecule has 0 aliphatic heterocycles. The highest BCUT2D eigenvalue weighted by atomic mass is 16.5. The molecular weight excluding hydrogens is 230 g/mol. The SMILES string of the molecule is CNc1nc(NC2(C)CCC2)nc(OC(C)C)n1. The first-order valence-electron chi connectivity index (χ1n) is 6.39. The van der Waals surface area contributed by atoms with Crippen molar-refractivity contribution in [3.63, 3.8) is 0 Å². The number of nitrogens with zero attached hydrogens (tertiary/aromatic N) is 3. The minimum atomic E-state index is 0.0456. The molecule has 0 atom stereocenters. The Morgan fingerprint density at radius 3 is 2.33 bits per heavy atom. The Balaban J connectivity index is 2.17. The Morgan fingerprint density at radius 2 is 1.83 bits per heavy atom. The highest BCUT2D eigenvalue weighted by molar-refractivity contribution is 5.38. The van der Waals surface area contributed by atoms with E-state index < -0.39 is 0 Å². The molecule has 1 aromatic rings. The van der Waals surface area contributed by atoms with Crippen molar-refractivity contribution in [2.24, 2.45) is 0 Å². The quantitative estimate of drug-likeness (QED) is 0.834. The molecule has 0 amide bonds. The molecular formula is C12H21N5O. The van der Waals surface area contributed by atoms with Crippen molar-refractivity contribution in [3.8, 4) is 6.01 Å². The zero-order chi connectivity index (χ0) is 13.2. The van der Waals surface area contributed by atoms with Crippen LogP contribution in [0.1, 0.15) is 40.0 Å². The zero-order valence-electron chi connectivity index (χ0n) is 11.4. The maximum Gasteiger partial charge on any atom is 0.323 e. The van der Waals surface area contributed by atoms with E-state index in [0.717, 1.165) is 12.8 Å². The maximum absolute atomic E-state index is 5.52. The molecule has 0 radical (unpaired) electrons. The molecule has 1 saturated carbocycles. The van der Waals surface area contributed by atoms with Gasteiger partial charge in [-0.1, -0.05) is 0 Å². The van der Waals surface area contributed by atoms with E-state index in [2.05, 4.69) is 32.5 Å². The number of nitrogens with one attached hydrogen (secondary N) is 2. The van der Waals surface area contributed by atoms with Crippen LogP contribution >= 0.6 is 0 Å². The molecule has 1 aliphatic rings. The smallest absolute Gasteiger partial charge is 0.323 e. The van der Waals surface area contributed by atoms with Gasteiger partial charge in [-0.05, 0) is 40.0 Å². The van der Waals surface area contributed by atoms with Gasteiger partial charge in [-0.25, -0.2) is 0 Å². The van der Waals surface area contributed by atoms with E-state index in [1.807, 2.05) is 13.8 Å². The fourth-order valence-electron chi connectivity index (χ4n) is 1.89. The number of hydrogen-bond acceptors (Lipinski definition) is 6. The van der Waals surface area contributed by atoms with Gasteiger partial charge in [0.15, 0.2) is 0 Å². The topological polar surface area (TPSA) is 72.0 Å². The van der Waals surface area contributed by atoms with E-state index in [-0.39, 0.29) is 11.6 Å². The molecule has 18 heavy (non-hydrogen) atoms. The summed E-state index contributed by atoms with van der Waals surface area (Å²) >= 11 is 0. The molecule has 1 heterocycles. The van der Waals surface area contributed by atoms with Gasteiger partial charge in [0.05, 0.1) is 6.10 Å². The lowest BCUT2D eigenvalue weighted by atomic mass is 9.79. The molecule has 6 heteroatoms. The molecule has 2 rings (SSSR count). The molecule has 1 aromatic heterocycles. The van der Waals surface area contributed by atoms with Crippen LogP contribution in [-0.4, -0.2) is 33.6 Å². The molecule has 0 saturated heterocycles. The molecule has 6 nitrogen and oxygen atoms in total. The second-order valence-corrected chi connectivity index (χ2v) is 5.22. The van der Waals surface area contributed by atoms with Gasteiger partial charge in [-0.3, -0.25) is 0 Å². The zero-order valence-corrected chi connectivity index (χ0v) is 11.4. The predicted molar refractivity (Wildman–Crippen MR) is 71.0 cm³/mol. The van der Waals surface area contributed by atoms with E-state index in [1.54, 1.807) is 7.05 Å². The molecule has 100 valence electrons. The summed E-state index contributed by atoms with van der Waals surface area (Å²) < 4.78 is 5.52. The monoisotopic (exact) mass is 251 g/mol. The minimum Gasteiger partial charge on any atom is -0.461 e. The lowest BCUT2D eigenvalue weighted by molar-refractivity contribution is 0.221. The summed E-state index contributed by atoms with van der Waals surface area (Å²) in [6, 6.07) is 0.356. The normalized spacial score (nSPS) is 17.2. The number of aromatic nitrogens is 3. The predicted octanol–water partition coefficient (Wildman–Crippen LogP) is 2.05. The Hall–Kier alpha value is -1.59. The van der Waals surface area contributed by atoms with Crippen LogP contribution in [0.15, 0.2) is 0 Å². The fourth-order valence-corrected chi connectivity index (χ4v) is 1.89. The molecule has 0 aromatic carbocycles. The third-order valence-corrected chi connectivity index (χ3v) is 3.05. The van der Waals surface area contributed by atoms with Crippen molar-refractivity contribution < 1.29 is 4.74 Å². The van der Waals surface area contributed by atoms with Gasteiger partial charge in [-0.2, -0.15) is 15.0 Å². The van der Waals surface area contributed by atoms with Crippen molar-refractivity contribution >= 4 is 11.9 Å². The molecule has 1 fully saturated rings. The van der Waals surface area contributed by atoms with Crippen molar-refractivity contribution in [2.75, 3.05) is 17.7 Å². The van der Waals surface area contributed by atoms with Gasteiger partial charge in [0.25, 0.3) is 0 Å². The van der Waals surface area contributed by atoms with E-state index in [1.165, 1.54) is 6.42 Å². The molecule has 0 spiro atoms. The minimum absolute atomic E-state index is 0.0456. The van der Waals surface area contributed by atoms with Crippen molar-refractivity contribution in [3.05, 3.63) is 0 Å². The largest absolute Gasteiger partial charge is 0.461 e. The first-order valence-corrected chi connectivity index (χ1v) is 6.39. The van der Waals surface area contributed by atoms with Crippen LogP contribution < -0.4 is 15.4 Å². The summed E-state index contributed by atoms with van der Waals surface area (Å²) in [7, 11) is 1.78. The summed E-state index contributed by atoms with van der Waals surface area (Å²) in [5, 5.41) is 6.28. The summed E-state index contributed by atoms with van der Waals surface area (Å²) in [5.41, 5.74) is 0.113. The third kappa shape index (κ3) is 3.00. The van der Waals surface area contributed by atoms with Crippen LogP contribution in [0.4, 0.5) is 11.9 Å². The van der Waals surface area contributed by atoms with Crippen LogP contribution in [0.5, 0.6) is 6.01 Å². The fraction of sp³-hybridized carbons (Fsp3) is 0.750.